The van der Waals surface area contributed by atoms with Crippen LogP contribution in [0.3, 0.4) is 0 Å². The predicted molar refractivity (Wildman–Crippen MR) is 99.8 cm³/mol. The van der Waals surface area contributed by atoms with Gasteiger partial charge in [-0.05, 0) is 57.0 Å². The van der Waals surface area contributed by atoms with Crippen molar-refractivity contribution in [1.29, 1.82) is 0 Å². The molecule has 0 saturated carbocycles. The fourth-order valence-electron chi connectivity index (χ4n) is 4.17. The van der Waals surface area contributed by atoms with E-state index in [0.29, 0.717) is 6.04 Å². The van der Waals surface area contributed by atoms with Gasteiger partial charge in [-0.2, -0.15) is 0 Å². The van der Waals surface area contributed by atoms with E-state index in [2.05, 4.69) is 25.8 Å². The van der Waals surface area contributed by atoms with Gasteiger partial charge in [0.1, 0.15) is 12.1 Å². The largest absolute Gasteiger partial charge is 0.354 e. The van der Waals surface area contributed by atoms with E-state index < -0.39 is 0 Å². The zero-order chi connectivity index (χ0) is 16.4. The standard InChI is InChI=1S/C19H25ClN4/c20-15-7-8-17-18(12-15)21-14-22-19(17)24-11-5-6-16(13-24)23-9-3-1-2-4-10-23/h7-8,12,14,16H,1-6,9-11,13H2. The van der Waals surface area contributed by atoms with E-state index in [-0.39, 0.29) is 0 Å². The molecule has 128 valence electrons. The summed E-state index contributed by atoms with van der Waals surface area (Å²) in [7, 11) is 0. The monoisotopic (exact) mass is 344 g/mol. The van der Waals surface area contributed by atoms with Crippen molar-refractivity contribution in [3.63, 3.8) is 0 Å². The molecule has 1 atom stereocenters. The first-order valence-corrected chi connectivity index (χ1v) is 9.58. The number of likely N-dealkylation sites (tertiary alicyclic amines) is 1. The summed E-state index contributed by atoms with van der Waals surface area (Å²) in [5.74, 6) is 1.07. The van der Waals surface area contributed by atoms with E-state index >= 15 is 0 Å². The summed E-state index contributed by atoms with van der Waals surface area (Å²) in [4.78, 5) is 14.2. The molecule has 2 aliphatic heterocycles. The lowest BCUT2D eigenvalue weighted by molar-refractivity contribution is 0.182. The lowest BCUT2D eigenvalue weighted by atomic mass is 10.0. The van der Waals surface area contributed by atoms with Crippen molar-refractivity contribution >= 4 is 28.3 Å². The molecule has 1 unspecified atom stereocenters. The van der Waals surface area contributed by atoms with E-state index in [1.807, 2.05) is 12.1 Å². The van der Waals surface area contributed by atoms with E-state index in [4.69, 9.17) is 11.6 Å². The summed E-state index contributed by atoms with van der Waals surface area (Å²) in [6, 6.07) is 6.59. The van der Waals surface area contributed by atoms with Crippen LogP contribution in [0.1, 0.15) is 38.5 Å². The third-order valence-electron chi connectivity index (χ3n) is 5.43. The third kappa shape index (κ3) is 3.35. The Bertz CT molecular complexity index is 697. The maximum absolute atomic E-state index is 6.12. The first kappa shape index (κ1) is 16.1. The van der Waals surface area contributed by atoms with Crippen LogP contribution in [0.5, 0.6) is 0 Å². The molecule has 1 aromatic heterocycles. The number of nitrogens with zero attached hydrogens (tertiary/aromatic N) is 4. The van der Waals surface area contributed by atoms with Crippen molar-refractivity contribution in [2.75, 3.05) is 31.1 Å². The first-order valence-electron chi connectivity index (χ1n) is 9.20. The normalized spacial score (nSPS) is 23.4. The van der Waals surface area contributed by atoms with Gasteiger partial charge in [-0.3, -0.25) is 4.90 Å². The van der Waals surface area contributed by atoms with Gasteiger partial charge in [0, 0.05) is 29.5 Å². The molecule has 5 heteroatoms. The second-order valence-corrected chi connectivity index (χ2v) is 7.49. The van der Waals surface area contributed by atoms with E-state index in [1.54, 1.807) is 6.33 Å². The van der Waals surface area contributed by atoms with Crippen molar-refractivity contribution in [1.82, 2.24) is 14.9 Å². The Morgan fingerprint density at radius 3 is 2.62 bits per heavy atom. The van der Waals surface area contributed by atoms with Gasteiger partial charge in [-0.15, -0.1) is 0 Å². The zero-order valence-corrected chi connectivity index (χ0v) is 14.9. The Morgan fingerprint density at radius 2 is 1.79 bits per heavy atom. The van der Waals surface area contributed by atoms with Crippen molar-refractivity contribution in [3.05, 3.63) is 29.5 Å². The summed E-state index contributed by atoms with van der Waals surface area (Å²) in [5, 5.41) is 1.84. The Morgan fingerprint density at radius 1 is 0.958 bits per heavy atom. The number of fused-ring (bicyclic) bond motifs is 1. The molecule has 2 fully saturated rings. The fraction of sp³-hybridized carbons (Fsp3) is 0.579. The van der Waals surface area contributed by atoms with Crippen LogP contribution in [0, 0.1) is 0 Å². The average Bonchev–Trinajstić information content (AvgIpc) is 2.90. The first-order chi connectivity index (χ1) is 11.8. The summed E-state index contributed by atoms with van der Waals surface area (Å²) in [5.41, 5.74) is 0.935. The number of halogens is 1. The van der Waals surface area contributed by atoms with Crippen LogP contribution in [0.25, 0.3) is 10.9 Å². The van der Waals surface area contributed by atoms with E-state index in [9.17, 15) is 0 Å². The van der Waals surface area contributed by atoms with Gasteiger partial charge in [0.05, 0.1) is 5.52 Å². The summed E-state index contributed by atoms with van der Waals surface area (Å²) >= 11 is 6.12. The van der Waals surface area contributed by atoms with Gasteiger partial charge >= 0.3 is 0 Å². The van der Waals surface area contributed by atoms with Gasteiger partial charge < -0.3 is 4.90 Å². The van der Waals surface area contributed by atoms with E-state index in [0.717, 1.165) is 34.8 Å². The number of anilines is 1. The average molecular weight is 345 g/mol. The highest BCUT2D eigenvalue weighted by Crippen LogP contribution is 2.29. The molecule has 0 bridgehead atoms. The van der Waals surface area contributed by atoms with Crippen molar-refractivity contribution in [2.24, 2.45) is 0 Å². The minimum atomic E-state index is 0.661. The number of piperidine rings is 1. The van der Waals surface area contributed by atoms with Gasteiger partial charge in [0.25, 0.3) is 0 Å². The molecule has 0 amide bonds. The molecular formula is C19H25ClN4. The second kappa shape index (κ2) is 7.24. The Labute approximate surface area is 148 Å². The van der Waals surface area contributed by atoms with Crippen LogP contribution in [0.15, 0.2) is 24.5 Å². The van der Waals surface area contributed by atoms with Crippen LogP contribution in [-0.2, 0) is 0 Å². The summed E-state index contributed by atoms with van der Waals surface area (Å²) < 4.78 is 0. The summed E-state index contributed by atoms with van der Waals surface area (Å²) in [6.07, 6.45) is 9.71. The molecule has 3 heterocycles. The Hall–Kier alpha value is -1.39. The number of hydrogen-bond acceptors (Lipinski definition) is 4. The predicted octanol–water partition coefficient (Wildman–Crippen LogP) is 4.13. The van der Waals surface area contributed by atoms with Crippen LogP contribution in [-0.4, -0.2) is 47.1 Å². The molecule has 24 heavy (non-hydrogen) atoms. The van der Waals surface area contributed by atoms with Crippen LogP contribution in [0.2, 0.25) is 5.02 Å². The van der Waals surface area contributed by atoms with Crippen molar-refractivity contribution in [3.8, 4) is 0 Å². The van der Waals surface area contributed by atoms with Gasteiger partial charge in [-0.25, -0.2) is 9.97 Å². The summed E-state index contributed by atoms with van der Waals surface area (Å²) in [6.45, 7) is 4.69. The number of aromatic nitrogens is 2. The van der Waals surface area contributed by atoms with Crippen molar-refractivity contribution in [2.45, 2.75) is 44.6 Å². The van der Waals surface area contributed by atoms with Crippen LogP contribution >= 0.6 is 11.6 Å². The molecule has 1 aromatic carbocycles. The minimum Gasteiger partial charge on any atom is -0.354 e. The second-order valence-electron chi connectivity index (χ2n) is 7.05. The van der Waals surface area contributed by atoms with E-state index in [1.165, 1.54) is 51.6 Å². The number of hydrogen-bond donors (Lipinski definition) is 0. The van der Waals surface area contributed by atoms with Crippen molar-refractivity contribution < 1.29 is 0 Å². The fourth-order valence-corrected chi connectivity index (χ4v) is 4.34. The zero-order valence-electron chi connectivity index (χ0n) is 14.1. The maximum Gasteiger partial charge on any atom is 0.139 e. The molecule has 4 nitrogen and oxygen atoms in total. The van der Waals surface area contributed by atoms with Crippen LogP contribution < -0.4 is 4.90 Å². The molecule has 0 radical (unpaired) electrons. The SMILES string of the molecule is Clc1ccc2c(N3CCCC(N4CCCCCC4)C3)ncnc2c1. The van der Waals surface area contributed by atoms with Gasteiger partial charge in [-0.1, -0.05) is 24.4 Å². The molecule has 2 aliphatic rings. The molecule has 0 spiro atoms. The quantitative estimate of drug-likeness (QED) is 0.820. The highest BCUT2D eigenvalue weighted by atomic mass is 35.5. The Balaban J connectivity index is 1.57. The minimum absolute atomic E-state index is 0.661. The molecule has 0 N–H and O–H groups in total. The maximum atomic E-state index is 6.12. The highest BCUT2D eigenvalue weighted by molar-refractivity contribution is 6.31. The number of rotatable bonds is 2. The van der Waals surface area contributed by atoms with Crippen LogP contribution in [0.4, 0.5) is 5.82 Å². The lowest BCUT2D eigenvalue weighted by Gasteiger charge is -2.39. The third-order valence-corrected chi connectivity index (χ3v) is 5.67. The molecular weight excluding hydrogens is 320 g/mol. The Kier molecular flexibility index (Phi) is 4.86. The lowest BCUT2D eigenvalue weighted by Crippen LogP contribution is -2.48. The molecule has 4 rings (SSSR count). The topological polar surface area (TPSA) is 32.3 Å². The molecule has 2 saturated heterocycles. The van der Waals surface area contributed by atoms with Gasteiger partial charge in [0.15, 0.2) is 0 Å². The van der Waals surface area contributed by atoms with Gasteiger partial charge in [0.2, 0.25) is 0 Å². The molecule has 0 aliphatic carbocycles. The number of benzene rings is 1. The smallest absolute Gasteiger partial charge is 0.139 e. The highest BCUT2D eigenvalue weighted by Gasteiger charge is 2.27. The molecule has 2 aromatic rings.